The van der Waals surface area contributed by atoms with Crippen LogP contribution in [-0.4, -0.2) is 18.1 Å². The van der Waals surface area contributed by atoms with Gasteiger partial charge in [0.1, 0.15) is 0 Å². The first-order chi connectivity index (χ1) is 9.42. The van der Waals surface area contributed by atoms with Gasteiger partial charge in [0.2, 0.25) is 0 Å². The SMILES string of the molecule is COC(=O)c1sc(Nc2cc(Cl)c(C)cc2Br)nc1Cl. The van der Waals surface area contributed by atoms with Crippen molar-refractivity contribution in [3.8, 4) is 0 Å². The van der Waals surface area contributed by atoms with Crippen molar-refractivity contribution < 1.29 is 9.53 Å². The highest BCUT2D eigenvalue weighted by Crippen LogP contribution is 2.34. The molecule has 0 amide bonds. The van der Waals surface area contributed by atoms with Gasteiger partial charge in [0, 0.05) is 9.50 Å². The molecule has 0 fully saturated rings. The van der Waals surface area contributed by atoms with Crippen LogP contribution in [0.2, 0.25) is 10.2 Å². The summed E-state index contributed by atoms with van der Waals surface area (Å²) in [4.78, 5) is 15.8. The van der Waals surface area contributed by atoms with Crippen LogP contribution in [0, 0.1) is 6.92 Å². The molecule has 106 valence electrons. The topological polar surface area (TPSA) is 51.2 Å². The van der Waals surface area contributed by atoms with Crippen molar-refractivity contribution in [2.75, 3.05) is 12.4 Å². The lowest BCUT2D eigenvalue weighted by Crippen LogP contribution is -1.98. The Hall–Kier alpha value is -0.820. The predicted molar refractivity (Wildman–Crippen MR) is 85.6 cm³/mol. The van der Waals surface area contributed by atoms with Crippen molar-refractivity contribution in [2.24, 2.45) is 0 Å². The van der Waals surface area contributed by atoms with E-state index in [4.69, 9.17) is 23.2 Å². The molecule has 0 saturated carbocycles. The number of nitrogens with one attached hydrogen (secondary N) is 1. The lowest BCUT2D eigenvalue weighted by atomic mass is 10.2. The normalized spacial score (nSPS) is 10.4. The Morgan fingerprint density at radius 3 is 2.80 bits per heavy atom. The van der Waals surface area contributed by atoms with E-state index in [1.807, 2.05) is 13.0 Å². The lowest BCUT2D eigenvalue weighted by molar-refractivity contribution is 0.0606. The van der Waals surface area contributed by atoms with E-state index in [1.54, 1.807) is 6.07 Å². The van der Waals surface area contributed by atoms with Gasteiger partial charge >= 0.3 is 5.97 Å². The molecule has 2 rings (SSSR count). The highest BCUT2D eigenvalue weighted by Gasteiger charge is 2.18. The fraction of sp³-hybridized carbons (Fsp3) is 0.167. The van der Waals surface area contributed by atoms with Gasteiger partial charge in [-0.3, -0.25) is 0 Å². The molecular weight excluding hydrogens is 387 g/mol. The van der Waals surface area contributed by atoms with Crippen LogP contribution in [0.15, 0.2) is 16.6 Å². The van der Waals surface area contributed by atoms with Crippen LogP contribution in [-0.2, 0) is 4.74 Å². The van der Waals surface area contributed by atoms with Gasteiger partial charge in [-0.25, -0.2) is 9.78 Å². The third kappa shape index (κ3) is 3.25. The first-order valence-corrected chi connectivity index (χ1v) is 7.76. The Kier molecular flexibility index (Phi) is 4.90. The van der Waals surface area contributed by atoms with Gasteiger partial charge in [0.05, 0.1) is 12.8 Å². The summed E-state index contributed by atoms with van der Waals surface area (Å²) in [6.45, 7) is 1.91. The molecule has 1 N–H and O–H groups in total. The number of hydrogen-bond donors (Lipinski definition) is 1. The number of ether oxygens (including phenoxy) is 1. The Morgan fingerprint density at radius 1 is 1.45 bits per heavy atom. The van der Waals surface area contributed by atoms with Crippen molar-refractivity contribution in [2.45, 2.75) is 6.92 Å². The fourth-order valence-electron chi connectivity index (χ4n) is 1.43. The molecule has 1 aromatic heterocycles. The Balaban J connectivity index is 2.31. The maximum absolute atomic E-state index is 11.5. The summed E-state index contributed by atoms with van der Waals surface area (Å²) in [5.74, 6) is -0.512. The minimum absolute atomic E-state index is 0.110. The van der Waals surface area contributed by atoms with Gasteiger partial charge in [-0.1, -0.05) is 34.5 Å². The maximum atomic E-state index is 11.5. The number of aromatic nitrogens is 1. The van der Waals surface area contributed by atoms with E-state index < -0.39 is 5.97 Å². The number of anilines is 2. The molecule has 0 aliphatic carbocycles. The van der Waals surface area contributed by atoms with Crippen LogP contribution >= 0.6 is 50.5 Å². The van der Waals surface area contributed by atoms with E-state index in [1.165, 1.54) is 7.11 Å². The highest BCUT2D eigenvalue weighted by molar-refractivity contribution is 9.10. The maximum Gasteiger partial charge on any atom is 0.351 e. The quantitative estimate of drug-likeness (QED) is 0.738. The van der Waals surface area contributed by atoms with E-state index in [2.05, 4.69) is 31.0 Å². The molecule has 4 nitrogen and oxygen atoms in total. The number of hydrogen-bond acceptors (Lipinski definition) is 5. The third-order valence-corrected chi connectivity index (χ3v) is 4.85. The first-order valence-electron chi connectivity index (χ1n) is 5.39. The van der Waals surface area contributed by atoms with Crippen LogP contribution in [0.25, 0.3) is 0 Å². The van der Waals surface area contributed by atoms with Crippen LogP contribution in [0.1, 0.15) is 15.2 Å². The average molecular weight is 396 g/mol. The van der Waals surface area contributed by atoms with Crippen LogP contribution in [0.4, 0.5) is 10.8 Å². The average Bonchev–Trinajstić information content (AvgIpc) is 2.76. The lowest BCUT2D eigenvalue weighted by Gasteiger charge is -2.07. The van der Waals surface area contributed by atoms with Crippen LogP contribution < -0.4 is 5.32 Å². The molecule has 0 radical (unpaired) electrons. The number of aryl methyl sites for hydroxylation is 1. The largest absolute Gasteiger partial charge is 0.465 e. The van der Waals surface area contributed by atoms with Crippen molar-refractivity contribution in [3.05, 3.63) is 37.2 Å². The summed E-state index contributed by atoms with van der Waals surface area (Å²) < 4.78 is 5.47. The summed E-state index contributed by atoms with van der Waals surface area (Å²) in [7, 11) is 1.29. The number of carbonyl (C=O) groups excluding carboxylic acids is 1. The Labute approximate surface area is 138 Å². The molecule has 8 heteroatoms. The van der Waals surface area contributed by atoms with E-state index in [-0.39, 0.29) is 10.0 Å². The molecule has 2 aromatic rings. The molecule has 0 bridgehead atoms. The van der Waals surface area contributed by atoms with Crippen molar-refractivity contribution in [1.82, 2.24) is 4.98 Å². The number of benzene rings is 1. The number of nitrogens with zero attached hydrogens (tertiary/aromatic N) is 1. The molecular formula is C12H9BrCl2N2O2S. The van der Waals surface area contributed by atoms with E-state index in [9.17, 15) is 4.79 Å². The molecule has 0 atom stereocenters. The highest BCUT2D eigenvalue weighted by atomic mass is 79.9. The monoisotopic (exact) mass is 394 g/mol. The summed E-state index contributed by atoms with van der Waals surface area (Å²) >= 11 is 16.5. The van der Waals surface area contributed by atoms with Crippen molar-refractivity contribution >= 4 is 67.3 Å². The van der Waals surface area contributed by atoms with Gasteiger partial charge in [0.15, 0.2) is 15.2 Å². The van der Waals surface area contributed by atoms with Crippen LogP contribution in [0.5, 0.6) is 0 Å². The summed E-state index contributed by atoms with van der Waals surface area (Å²) in [5.41, 5.74) is 1.69. The summed E-state index contributed by atoms with van der Waals surface area (Å²) in [6, 6.07) is 3.66. The zero-order valence-electron chi connectivity index (χ0n) is 10.5. The molecule has 0 saturated heterocycles. The smallest absolute Gasteiger partial charge is 0.351 e. The van der Waals surface area contributed by atoms with E-state index in [0.717, 1.165) is 27.1 Å². The number of methoxy groups -OCH3 is 1. The molecule has 0 aliphatic rings. The van der Waals surface area contributed by atoms with Gasteiger partial charge in [-0.2, -0.15) is 0 Å². The number of esters is 1. The zero-order chi connectivity index (χ0) is 14.9. The molecule has 0 aliphatic heterocycles. The van der Waals surface area contributed by atoms with Crippen molar-refractivity contribution in [3.63, 3.8) is 0 Å². The van der Waals surface area contributed by atoms with Crippen molar-refractivity contribution in [1.29, 1.82) is 0 Å². The van der Waals surface area contributed by atoms with Gasteiger partial charge in [0.25, 0.3) is 0 Å². The van der Waals surface area contributed by atoms with E-state index >= 15 is 0 Å². The van der Waals surface area contributed by atoms with Gasteiger partial charge < -0.3 is 10.1 Å². The minimum atomic E-state index is -0.512. The summed E-state index contributed by atoms with van der Waals surface area (Å²) in [5, 5.41) is 4.29. The third-order valence-electron chi connectivity index (χ3n) is 2.45. The van der Waals surface area contributed by atoms with Gasteiger partial charge in [-0.15, -0.1) is 0 Å². The first kappa shape index (κ1) is 15.6. The molecule has 1 heterocycles. The second kappa shape index (κ2) is 6.30. The zero-order valence-corrected chi connectivity index (χ0v) is 14.4. The molecule has 0 unspecified atom stereocenters. The Morgan fingerprint density at radius 2 is 2.15 bits per heavy atom. The number of carbonyl (C=O) groups is 1. The number of rotatable bonds is 3. The number of thiazole rings is 1. The minimum Gasteiger partial charge on any atom is -0.465 e. The molecule has 1 aromatic carbocycles. The Bertz CT molecular complexity index is 676. The standard InChI is InChI=1S/C12H9BrCl2N2O2S/c1-5-3-6(13)8(4-7(5)14)16-12-17-10(15)9(20-12)11(18)19-2/h3-4H,1-2H3,(H,16,17). The number of halogens is 3. The second-order valence-electron chi connectivity index (χ2n) is 3.84. The van der Waals surface area contributed by atoms with Gasteiger partial charge in [-0.05, 0) is 40.5 Å². The molecule has 0 spiro atoms. The second-order valence-corrected chi connectivity index (χ2v) is 6.46. The summed E-state index contributed by atoms with van der Waals surface area (Å²) in [6.07, 6.45) is 0. The fourth-order valence-corrected chi connectivity index (χ4v) is 3.27. The molecule has 20 heavy (non-hydrogen) atoms. The predicted octanol–water partition coefficient (Wildman–Crippen LogP) is 5.05. The van der Waals surface area contributed by atoms with Crippen LogP contribution in [0.3, 0.4) is 0 Å². The van der Waals surface area contributed by atoms with E-state index in [0.29, 0.717) is 10.2 Å².